The topological polar surface area (TPSA) is 46.1 Å². The van der Waals surface area contributed by atoms with Crippen molar-refractivity contribution in [2.75, 3.05) is 0 Å². The van der Waals surface area contributed by atoms with Gasteiger partial charge in [-0.25, -0.2) is 0 Å². The normalized spacial score (nSPS) is 10.2. The molecule has 0 aromatic heterocycles. The van der Waals surface area contributed by atoms with Gasteiger partial charge >= 0.3 is 27.3 Å². The Morgan fingerprint density at radius 3 is 1.09 bits per heavy atom. The Morgan fingerprint density at radius 1 is 0.455 bits per heavy atom. The van der Waals surface area contributed by atoms with Crippen molar-refractivity contribution >= 4 is 0 Å². The molecule has 2 aromatic rings. The molecule has 0 aliphatic carbocycles. The summed E-state index contributed by atoms with van der Waals surface area (Å²) in [7, 11) is 0. The molecule has 0 N–H and O–H groups in total. The summed E-state index contributed by atoms with van der Waals surface area (Å²) in [4.78, 5) is 0. The van der Waals surface area contributed by atoms with Crippen LogP contribution >= 0.6 is 0 Å². The molecule has 0 bridgehead atoms. The van der Waals surface area contributed by atoms with E-state index in [1.807, 2.05) is 36.4 Å². The van der Waals surface area contributed by atoms with E-state index in [1.54, 1.807) is 12.1 Å². The van der Waals surface area contributed by atoms with Crippen LogP contribution in [-0.4, -0.2) is 0 Å². The number of para-hydroxylation sites is 2. The number of benzene rings is 2. The Kier molecular flexibility index (Phi) is 22.0. The van der Waals surface area contributed by atoms with Gasteiger partial charge in [-0.3, -0.25) is 0 Å². The van der Waals surface area contributed by atoms with Crippen LogP contribution in [0, 0.1) is 0 Å². The Hall–Kier alpha value is -1.04. The molecule has 180 valence electrons. The van der Waals surface area contributed by atoms with Gasteiger partial charge in [-0.1, -0.05) is 151 Å². The predicted octanol–water partition coefficient (Wildman–Crippen LogP) is 8.10. The molecule has 2 aromatic carbocycles. The van der Waals surface area contributed by atoms with Crippen LogP contribution in [0.5, 0.6) is 11.5 Å². The zero-order valence-corrected chi connectivity index (χ0v) is 25.5. The molecule has 0 unspecified atom stereocenters. The summed E-state index contributed by atoms with van der Waals surface area (Å²) in [5.74, 6) is 0.405. The molecule has 0 heterocycles. The standard InChI is InChI=1S/2C15H24O.Cd/c2*1-2-3-4-5-6-7-8-11-14-12-9-10-13-15(14)16;/h2*9-10,12-13,16H,2-8,11H2,1H3;/q;;+2/p-2. The summed E-state index contributed by atoms with van der Waals surface area (Å²) < 4.78 is 0. The van der Waals surface area contributed by atoms with Crippen molar-refractivity contribution < 1.29 is 37.5 Å². The van der Waals surface area contributed by atoms with E-state index >= 15 is 0 Å². The number of aryl methyl sites for hydroxylation is 2. The first-order valence-corrected chi connectivity index (χ1v) is 13.2. The van der Waals surface area contributed by atoms with Crippen molar-refractivity contribution in [2.24, 2.45) is 0 Å². The smallest absolute Gasteiger partial charge is 0.872 e. The minimum Gasteiger partial charge on any atom is -0.872 e. The molecule has 3 heteroatoms. The van der Waals surface area contributed by atoms with Gasteiger partial charge in [0.25, 0.3) is 0 Å². The zero-order valence-electron chi connectivity index (χ0n) is 21.5. The molecule has 0 spiro atoms. The molecule has 2 rings (SSSR count). The van der Waals surface area contributed by atoms with Gasteiger partial charge in [0.05, 0.1) is 0 Å². The van der Waals surface area contributed by atoms with Crippen LogP contribution in [0.25, 0.3) is 0 Å². The molecule has 0 radical (unpaired) electrons. The van der Waals surface area contributed by atoms with Gasteiger partial charge in [0.15, 0.2) is 0 Å². The zero-order chi connectivity index (χ0) is 23.3. The minimum absolute atomic E-state index is 0. The Bertz CT molecular complexity index is 627. The van der Waals surface area contributed by atoms with Gasteiger partial charge in [0, 0.05) is 0 Å². The first-order chi connectivity index (χ1) is 15.7. The molecule has 0 atom stereocenters. The van der Waals surface area contributed by atoms with Crippen LogP contribution in [0.15, 0.2) is 48.5 Å². The molecule has 0 aliphatic heterocycles. The van der Waals surface area contributed by atoms with Crippen molar-refractivity contribution in [3.8, 4) is 11.5 Å². The van der Waals surface area contributed by atoms with Gasteiger partial charge in [-0.05, 0) is 25.7 Å². The molecule has 33 heavy (non-hydrogen) atoms. The van der Waals surface area contributed by atoms with Crippen LogP contribution in [0.4, 0.5) is 0 Å². The minimum atomic E-state index is 0. The molecular weight excluding hydrogens is 505 g/mol. The van der Waals surface area contributed by atoms with Crippen LogP contribution in [0.1, 0.15) is 115 Å². The van der Waals surface area contributed by atoms with Crippen LogP contribution in [-0.2, 0) is 40.1 Å². The molecule has 2 nitrogen and oxygen atoms in total. The quantitative estimate of drug-likeness (QED) is 0.156. The van der Waals surface area contributed by atoms with Crippen molar-refractivity contribution in [1.29, 1.82) is 0 Å². The van der Waals surface area contributed by atoms with Crippen molar-refractivity contribution in [3.63, 3.8) is 0 Å². The largest absolute Gasteiger partial charge is 2.00 e. The van der Waals surface area contributed by atoms with E-state index in [1.165, 1.54) is 77.0 Å². The summed E-state index contributed by atoms with van der Waals surface area (Å²) in [6.07, 6.45) is 20.2. The maximum atomic E-state index is 11.4. The Labute approximate surface area is 224 Å². The number of hydrogen-bond acceptors (Lipinski definition) is 2. The van der Waals surface area contributed by atoms with E-state index in [0.717, 1.165) is 36.8 Å². The van der Waals surface area contributed by atoms with E-state index in [9.17, 15) is 10.2 Å². The van der Waals surface area contributed by atoms with E-state index in [0.29, 0.717) is 0 Å². The van der Waals surface area contributed by atoms with E-state index in [4.69, 9.17) is 0 Å². The average Bonchev–Trinajstić information content (AvgIpc) is 2.80. The van der Waals surface area contributed by atoms with Gasteiger partial charge in [-0.15, -0.1) is 11.5 Å². The third-order valence-corrected chi connectivity index (χ3v) is 6.04. The van der Waals surface area contributed by atoms with Gasteiger partial charge in [0.2, 0.25) is 0 Å². The van der Waals surface area contributed by atoms with E-state index < -0.39 is 0 Å². The molecule has 0 saturated heterocycles. The Morgan fingerprint density at radius 2 is 0.758 bits per heavy atom. The summed E-state index contributed by atoms with van der Waals surface area (Å²) in [5, 5.41) is 22.8. The van der Waals surface area contributed by atoms with E-state index in [-0.39, 0.29) is 38.8 Å². The number of rotatable bonds is 16. The maximum Gasteiger partial charge on any atom is 2.00 e. The summed E-state index contributed by atoms with van der Waals surface area (Å²) in [5.41, 5.74) is 1.96. The Balaban J connectivity index is 0.000000602. The second-order valence-electron chi connectivity index (χ2n) is 8.96. The third kappa shape index (κ3) is 17.1. The summed E-state index contributed by atoms with van der Waals surface area (Å²) in [6.45, 7) is 4.48. The second kappa shape index (κ2) is 22.7. The molecule has 0 amide bonds. The fourth-order valence-electron chi connectivity index (χ4n) is 3.97. The average molecular weight is 551 g/mol. The first kappa shape index (κ1) is 32.0. The maximum absolute atomic E-state index is 11.4. The van der Waals surface area contributed by atoms with Crippen LogP contribution < -0.4 is 10.2 Å². The number of unbranched alkanes of at least 4 members (excludes halogenated alkanes) is 12. The summed E-state index contributed by atoms with van der Waals surface area (Å²) >= 11 is 0. The number of hydrogen-bond donors (Lipinski definition) is 0. The molecule has 0 fully saturated rings. The molecular formula is C30H46CdO2. The molecule has 0 aliphatic rings. The van der Waals surface area contributed by atoms with Crippen molar-refractivity contribution in [2.45, 2.75) is 117 Å². The van der Waals surface area contributed by atoms with Gasteiger partial charge in [-0.2, -0.15) is 0 Å². The summed E-state index contributed by atoms with van der Waals surface area (Å²) in [6, 6.07) is 14.8. The van der Waals surface area contributed by atoms with Gasteiger partial charge < -0.3 is 10.2 Å². The van der Waals surface area contributed by atoms with E-state index in [2.05, 4.69) is 13.8 Å². The van der Waals surface area contributed by atoms with Crippen molar-refractivity contribution in [1.82, 2.24) is 0 Å². The van der Waals surface area contributed by atoms with Crippen LogP contribution in [0.2, 0.25) is 0 Å². The SMILES string of the molecule is CCCCCCCCCc1ccccc1[O-].CCCCCCCCCc1ccccc1[O-].[Cd+2]. The van der Waals surface area contributed by atoms with Crippen LogP contribution in [0.3, 0.4) is 0 Å². The fraction of sp³-hybridized carbons (Fsp3) is 0.600. The first-order valence-electron chi connectivity index (χ1n) is 13.2. The third-order valence-electron chi connectivity index (χ3n) is 6.04. The fourth-order valence-corrected chi connectivity index (χ4v) is 3.97. The van der Waals surface area contributed by atoms with Gasteiger partial charge in [0.1, 0.15) is 0 Å². The second-order valence-corrected chi connectivity index (χ2v) is 8.96. The monoisotopic (exact) mass is 552 g/mol. The van der Waals surface area contributed by atoms with Crippen molar-refractivity contribution in [3.05, 3.63) is 59.7 Å². The molecule has 0 saturated carbocycles. The predicted molar refractivity (Wildman–Crippen MR) is 135 cm³/mol.